The largest absolute Gasteiger partial charge is 0.326 e. The lowest BCUT2D eigenvalue weighted by atomic mass is 9.78. The van der Waals surface area contributed by atoms with Gasteiger partial charge in [0.25, 0.3) is 0 Å². The third-order valence-electron chi connectivity index (χ3n) is 7.89. The van der Waals surface area contributed by atoms with E-state index in [4.69, 9.17) is 0 Å². The molecule has 0 unspecified atom stereocenters. The zero-order valence-corrected chi connectivity index (χ0v) is 21.1. The van der Waals surface area contributed by atoms with Crippen LogP contribution in [0.5, 0.6) is 0 Å². The summed E-state index contributed by atoms with van der Waals surface area (Å²) < 4.78 is 0. The Morgan fingerprint density at radius 2 is 1.67 bits per heavy atom. The minimum Gasteiger partial charge on any atom is -0.312 e. The molecule has 5 heteroatoms. The number of benzene rings is 1. The van der Waals surface area contributed by atoms with E-state index < -0.39 is 0 Å². The third kappa shape index (κ3) is 6.60. The Kier molecular flexibility index (Phi) is 8.13. The van der Waals surface area contributed by atoms with E-state index >= 15 is 0 Å². The van der Waals surface area contributed by atoms with Crippen LogP contribution in [0.4, 0.5) is 10.5 Å². The van der Waals surface area contributed by atoms with Crippen LogP contribution in [0.2, 0.25) is 0 Å². The summed E-state index contributed by atoms with van der Waals surface area (Å²) in [6.45, 7) is 18.3. The summed E-state index contributed by atoms with van der Waals surface area (Å²) in [5, 5.41) is 2.88. The summed E-state index contributed by atoms with van der Waals surface area (Å²) in [5.41, 5.74) is 4.29. The molecule has 2 heterocycles. The highest BCUT2D eigenvalue weighted by Crippen LogP contribution is 2.33. The molecule has 1 aromatic rings. The number of carbonyl (C=O) groups is 1. The van der Waals surface area contributed by atoms with Crippen molar-refractivity contribution in [1.29, 1.82) is 0 Å². The maximum Gasteiger partial charge on any atom is 0.326 e. The van der Waals surface area contributed by atoms with Gasteiger partial charge in [-0.2, -0.15) is 0 Å². The molecule has 3 fully saturated rings. The van der Waals surface area contributed by atoms with Gasteiger partial charge < -0.3 is 10.2 Å². The molecule has 0 aromatic heterocycles. The molecule has 33 heavy (non-hydrogen) atoms. The Morgan fingerprint density at radius 1 is 1.00 bits per heavy atom. The summed E-state index contributed by atoms with van der Waals surface area (Å²) in [7, 11) is 0. The first-order valence-electron chi connectivity index (χ1n) is 13.2. The topological polar surface area (TPSA) is 38.8 Å². The van der Waals surface area contributed by atoms with Gasteiger partial charge >= 0.3 is 6.03 Å². The average molecular weight is 453 g/mol. The zero-order valence-electron chi connectivity index (χ0n) is 21.1. The van der Waals surface area contributed by atoms with Crippen molar-refractivity contribution < 1.29 is 4.79 Å². The highest BCUT2D eigenvalue weighted by molar-refractivity contribution is 5.94. The Morgan fingerprint density at radius 3 is 2.33 bits per heavy atom. The Balaban J connectivity index is 1.24. The van der Waals surface area contributed by atoms with Crippen LogP contribution in [-0.4, -0.2) is 55.1 Å². The van der Waals surface area contributed by atoms with E-state index in [1.54, 1.807) is 0 Å². The summed E-state index contributed by atoms with van der Waals surface area (Å²) in [4.78, 5) is 19.6. The molecule has 0 atom stereocenters. The second-order valence-corrected chi connectivity index (χ2v) is 11.1. The standard InChI is InChI=1S/C28H44N4O/c1-21(2)17-24-7-9-25(10-8-24)19-30-13-15-31(16-14-30)20-26-6-5-22(3)27(18-26)32-12-11-23(4)29-28(32)33/h5-6,18,21,24-25H,4,7-17,19-20H2,1-3H3,(H,29,33). The molecule has 1 saturated carbocycles. The molecule has 0 spiro atoms. The number of amides is 2. The number of rotatable bonds is 7. The molecule has 0 radical (unpaired) electrons. The molecule has 1 N–H and O–H groups in total. The van der Waals surface area contributed by atoms with Crippen molar-refractivity contribution in [2.75, 3.05) is 44.2 Å². The molecule has 3 aliphatic rings. The smallest absolute Gasteiger partial charge is 0.312 e. The summed E-state index contributed by atoms with van der Waals surface area (Å²) >= 11 is 0. The monoisotopic (exact) mass is 452 g/mol. The van der Waals surface area contributed by atoms with Crippen molar-refractivity contribution in [2.24, 2.45) is 17.8 Å². The number of anilines is 1. The predicted molar refractivity (Wildman–Crippen MR) is 137 cm³/mol. The van der Waals surface area contributed by atoms with Gasteiger partial charge in [-0.15, -0.1) is 0 Å². The van der Waals surface area contributed by atoms with Crippen LogP contribution in [0.1, 0.15) is 63.5 Å². The van der Waals surface area contributed by atoms with E-state index in [1.807, 2.05) is 4.90 Å². The first-order chi connectivity index (χ1) is 15.9. The Bertz CT molecular complexity index is 819. The number of aryl methyl sites for hydroxylation is 1. The van der Waals surface area contributed by atoms with Gasteiger partial charge in [-0.05, 0) is 61.1 Å². The van der Waals surface area contributed by atoms with Gasteiger partial charge in [0.1, 0.15) is 0 Å². The number of hydrogen-bond acceptors (Lipinski definition) is 3. The van der Waals surface area contributed by atoms with E-state index in [-0.39, 0.29) is 6.03 Å². The number of nitrogens with one attached hydrogen (secondary N) is 1. The molecule has 2 amide bonds. The zero-order chi connectivity index (χ0) is 23.4. The van der Waals surface area contributed by atoms with Crippen molar-refractivity contribution >= 4 is 11.7 Å². The van der Waals surface area contributed by atoms with Crippen LogP contribution in [-0.2, 0) is 6.54 Å². The quantitative estimate of drug-likeness (QED) is 0.602. The van der Waals surface area contributed by atoms with Gasteiger partial charge in [-0.1, -0.05) is 45.4 Å². The maximum absolute atomic E-state index is 12.5. The van der Waals surface area contributed by atoms with Crippen molar-refractivity contribution in [3.8, 4) is 0 Å². The number of urea groups is 1. The molecule has 4 rings (SSSR count). The second-order valence-electron chi connectivity index (χ2n) is 11.1. The lowest BCUT2D eigenvalue weighted by Crippen LogP contribution is -2.47. The first kappa shape index (κ1) is 24.3. The van der Waals surface area contributed by atoms with Gasteiger partial charge in [0.2, 0.25) is 0 Å². The van der Waals surface area contributed by atoms with Gasteiger partial charge in [0, 0.05) is 63.6 Å². The fourth-order valence-corrected chi connectivity index (χ4v) is 5.97. The van der Waals surface area contributed by atoms with Gasteiger partial charge in [0.15, 0.2) is 0 Å². The number of piperazine rings is 1. The number of carbonyl (C=O) groups excluding carboxylic acids is 1. The minimum atomic E-state index is -0.0571. The fraction of sp³-hybridized carbons (Fsp3) is 0.679. The molecule has 5 nitrogen and oxygen atoms in total. The van der Waals surface area contributed by atoms with Crippen molar-refractivity contribution in [2.45, 2.75) is 65.8 Å². The fourth-order valence-electron chi connectivity index (χ4n) is 5.97. The first-order valence-corrected chi connectivity index (χ1v) is 13.2. The Hall–Kier alpha value is -1.85. The summed E-state index contributed by atoms with van der Waals surface area (Å²) in [6, 6.07) is 6.54. The minimum absolute atomic E-state index is 0.0571. The van der Waals surface area contributed by atoms with Crippen molar-refractivity contribution in [1.82, 2.24) is 15.1 Å². The Labute approximate surface area is 201 Å². The molecule has 1 aromatic carbocycles. The molecule has 0 bridgehead atoms. The van der Waals surface area contributed by atoms with Gasteiger partial charge in [-0.3, -0.25) is 9.80 Å². The number of hydrogen-bond donors (Lipinski definition) is 1. The second kappa shape index (κ2) is 11.1. The van der Waals surface area contributed by atoms with E-state index in [1.165, 1.54) is 57.3 Å². The van der Waals surface area contributed by atoms with Crippen molar-refractivity contribution in [3.63, 3.8) is 0 Å². The van der Waals surface area contributed by atoms with Crippen molar-refractivity contribution in [3.05, 3.63) is 41.6 Å². The van der Waals surface area contributed by atoms with E-state index in [9.17, 15) is 4.79 Å². The van der Waals surface area contributed by atoms with Crippen LogP contribution in [0, 0.1) is 24.7 Å². The molecular formula is C28H44N4O. The van der Waals surface area contributed by atoms with E-state index in [0.717, 1.165) is 60.8 Å². The summed E-state index contributed by atoms with van der Waals surface area (Å²) in [6.07, 6.45) is 7.98. The molecule has 1 aliphatic carbocycles. The van der Waals surface area contributed by atoms with Crippen LogP contribution in [0.25, 0.3) is 0 Å². The van der Waals surface area contributed by atoms with Crippen LogP contribution in [0.3, 0.4) is 0 Å². The lowest BCUT2D eigenvalue weighted by Gasteiger charge is -2.38. The SMILES string of the molecule is C=C1CCN(c2cc(CN3CCN(CC4CCC(CC(C)C)CC4)CC3)ccc2C)C(=O)N1. The highest BCUT2D eigenvalue weighted by atomic mass is 16.2. The molecular weight excluding hydrogens is 408 g/mol. The van der Waals surface area contributed by atoms with Crippen LogP contribution in [0.15, 0.2) is 30.5 Å². The van der Waals surface area contributed by atoms with E-state index in [2.05, 4.69) is 60.7 Å². The lowest BCUT2D eigenvalue weighted by molar-refractivity contribution is 0.0991. The molecule has 182 valence electrons. The number of nitrogens with zero attached hydrogens (tertiary/aromatic N) is 3. The van der Waals surface area contributed by atoms with Crippen LogP contribution < -0.4 is 10.2 Å². The maximum atomic E-state index is 12.5. The summed E-state index contributed by atoms with van der Waals surface area (Å²) in [5.74, 6) is 2.74. The predicted octanol–water partition coefficient (Wildman–Crippen LogP) is 5.40. The normalized spacial score (nSPS) is 25.5. The average Bonchev–Trinajstić information content (AvgIpc) is 2.78. The molecule has 2 saturated heterocycles. The van der Waals surface area contributed by atoms with E-state index in [0.29, 0.717) is 6.54 Å². The van der Waals surface area contributed by atoms with Gasteiger partial charge in [0.05, 0.1) is 0 Å². The van der Waals surface area contributed by atoms with Crippen LogP contribution >= 0.6 is 0 Å². The molecule has 2 aliphatic heterocycles. The van der Waals surface area contributed by atoms with Gasteiger partial charge in [-0.25, -0.2) is 4.79 Å². The third-order valence-corrected chi connectivity index (χ3v) is 7.89. The highest BCUT2D eigenvalue weighted by Gasteiger charge is 2.26.